The number of carboxylic acids is 1. The van der Waals surface area contributed by atoms with Crippen LogP contribution >= 0.6 is 0 Å². The third-order valence-corrected chi connectivity index (χ3v) is 3.34. The summed E-state index contributed by atoms with van der Waals surface area (Å²) in [5.74, 6) is -1.70. The van der Waals surface area contributed by atoms with Crippen molar-refractivity contribution in [2.45, 2.75) is 6.92 Å². The summed E-state index contributed by atoms with van der Waals surface area (Å²) in [6.07, 6.45) is 1.46. The zero-order chi connectivity index (χ0) is 13.3. The van der Waals surface area contributed by atoms with Crippen molar-refractivity contribution in [3.63, 3.8) is 0 Å². The molecule has 2 heterocycles. The minimum absolute atomic E-state index is 0.0331. The van der Waals surface area contributed by atoms with E-state index in [2.05, 4.69) is 4.98 Å². The van der Waals surface area contributed by atoms with E-state index in [1.165, 1.54) is 17.2 Å². The predicted molar refractivity (Wildman–Crippen MR) is 63.3 cm³/mol. The fourth-order valence-corrected chi connectivity index (χ4v) is 1.96. The van der Waals surface area contributed by atoms with E-state index in [0.717, 1.165) is 0 Å². The Bertz CT molecular complexity index is 531. The molecule has 96 valence electrons. The molecule has 0 spiro atoms. The van der Waals surface area contributed by atoms with Crippen LogP contribution in [-0.4, -0.2) is 40.0 Å². The molecule has 1 aromatic heterocycles. The number of aromatic nitrogens is 1. The van der Waals surface area contributed by atoms with Gasteiger partial charge in [0, 0.05) is 25.2 Å². The molecule has 0 saturated carbocycles. The SMILES string of the molecule is CC(C(=O)O)C1CN(C(=O)c2ccc[nH]c2=O)C1. The smallest absolute Gasteiger partial charge is 0.306 e. The van der Waals surface area contributed by atoms with Crippen LogP contribution in [-0.2, 0) is 4.79 Å². The first-order valence-corrected chi connectivity index (χ1v) is 5.70. The Balaban J connectivity index is 2.01. The average molecular weight is 250 g/mol. The Kier molecular flexibility index (Phi) is 3.18. The number of nitrogens with one attached hydrogen (secondary N) is 1. The quantitative estimate of drug-likeness (QED) is 0.800. The molecule has 1 aliphatic heterocycles. The lowest BCUT2D eigenvalue weighted by Crippen LogP contribution is -2.54. The number of carboxylic acid groups (broad SMARTS) is 1. The van der Waals surface area contributed by atoms with Crippen LogP contribution in [0.5, 0.6) is 0 Å². The van der Waals surface area contributed by atoms with Gasteiger partial charge in [0.15, 0.2) is 0 Å². The van der Waals surface area contributed by atoms with E-state index in [-0.39, 0.29) is 17.4 Å². The van der Waals surface area contributed by atoms with Crippen LogP contribution in [0.4, 0.5) is 0 Å². The number of carbonyl (C=O) groups excluding carboxylic acids is 1. The number of H-pyrrole nitrogens is 1. The molecule has 1 amide bonds. The van der Waals surface area contributed by atoms with Gasteiger partial charge in [0.25, 0.3) is 11.5 Å². The van der Waals surface area contributed by atoms with E-state index in [1.807, 2.05) is 0 Å². The molecule has 2 N–H and O–H groups in total. The number of hydrogen-bond donors (Lipinski definition) is 2. The maximum atomic E-state index is 11.9. The van der Waals surface area contributed by atoms with Crippen molar-refractivity contribution < 1.29 is 14.7 Å². The second-order valence-electron chi connectivity index (χ2n) is 4.51. The van der Waals surface area contributed by atoms with Crippen molar-refractivity contribution in [1.82, 2.24) is 9.88 Å². The topological polar surface area (TPSA) is 90.5 Å². The molecular weight excluding hydrogens is 236 g/mol. The van der Waals surface area contributed by atoms with Gasteiger partial charge in [0.2, 0.25) is 0 Å². The maximum absolute atomic E-state index is 11.9. The molecule has 1 aromatic rings. The third kappa shape index (κ3) is 2.13. The molecule has 0 radical (unpaired) electrons. The molecule has 6 heteroatoms. The molecule has 0 aromatic carbocycles. The number of aromatic amines is 1. The monoisotopic (exact) mass is 250 g/mol. The molecule has 1 fully saturated rings. The van der Waals surface area contributed by atoms with Gasteiger partial charge in [0.1, 0.15) is 5.56 Å². The number of nitrogens with zero attached hydrogens (tertiary/aromatic N) is 1. The summed E-state index contributed by atoms with van der Waals surface area (Å²) in [5, 5.41) is 8.84. The van der Waals surface area contributed by atoms with Crippen molar-refractivity contribution in [3.8, 4) is 0 Å². The normalized spacial score (nSPS) is 17.1. The van der Waals surface area contributed by atoms with Crippen LogP contribution in [0.3, 0.4) is 0 Å². The van der Waals surface area contributed by atoms with Crippen LogP contribution in [0.25, 0.3) is 0 Å². The van der Waals surface area contributed by atoms with Crippen LogP contribution in [0.2, 0.25) is 0 Å². The average Bonchev–Trinajstić information content (AvgIpc) is 2.27. The molecule has 1 saturated heterocycles. The standard InChI is InChI=1S/C12H14N2O4/c1-7(12(17)18)8-5-14(6-8)11(16)9-3-2-4-13-10(9)15/h2-4,7-8H,5-6H2,1H3,(H,13,15)(H,17,18). The van der Waals surface area contributed by atoms with Gasteiger partial charge in [-0.2, -0.15) is 0 Å². The van der Waals surface area contributed by atoms with Gasteiger partial charge >= 0.3 is 5.97 Å². The fraction of sp³-hybridized carbons (Fsp3) is 0.417. The minimum Gasteiger partial charge on any atom is -0.481 e. The second-order valence-corrected chi connectivity index (χ2v) is 4.51. The number of aliphatic carboxylic acids is 1. The highest BCUT2D eigenvalue weighted by Gasteiger charge is 2.37. The summed E-state index contributed by atoms with van der Waals surface area (Å²) in [6.45, 7) is 2.41. The Morgan fingerprint density at radius 2 is 2.17 bits per heavy atom. The number of pyridine rings is 1. The van der Waals surface area contributed by atoms with Gasteiger partial charge in [-0.1, -0.05) is 6.92 Å². The first-order valence-electron chi connectivity index (χ1n) is 5.70. The van der Waals surface area contributed by atoms with Gasteiger partial charge in [-0.25, -0.2) is 0 Å². The fourth-order valence-electron chi connectivity index (χ4n) is 1.96. The number of carbonyl (C=O) groups is 2. The van der Waals surface area contributed by atoms with Crippen LogP contribution in [0, 0.1) is 11.8 Å². The summed E-state index contributed by atoms with van der Waals surface area (Å²) >= 11 is 0. The van der Waals surface area contributed by atoms with E-state index < -0.39 is 17.4 Å². The van der Waals surface area contributed by atoms with Gasteiger partial charge < -0.3 is 15.0 Å². The van der Waals surface area contributed by atoms with E-state index >= 15 is 0 Å². The second kappa shape index (κ2) is 4.64. The highest BCUT2D eigenvalue weighted by atomic mass is 16.4. The van der Waals surface area contributed by atoms with Crippen molar-refractivity contribution in [3.05, 3.63) is 34.2 Å². The largest absolute Gasteiger partial charge is 0.481 e. The molecule has 1 unspecified atom stereocenters. The molecule has 1 aliphatic rings. The summed E-state index contributed by atoms with van der Waals surface area (Å²) in [7, 11) is 0. The summed E-state index contributed by atoms with van der Waals surface area (Å²) in [4.78, 5) is 38.1. The lowest BCUT2D eigenvalue weighted by Gasteiger charge is -2.41. The third-order valence-electron chi connectivity index (χ3n) is 3.34. The Morgan fingerprint density at radius 3 is 2.72 bits per heavy atom. The maximum Gasteiger partial charge on any atom is 0.306 e. The molecule has 0 aliphatic carbocycles. The van der Waals surface area contributed by atoms with Crippen molar-refractivity contribution in [2.24, 2.45) is 11.8 Å². The number of likely N-dealkylation sites (tertiary alicyclic amines) is 1. The molecule has 6 nitrogen and oxygen atoms in total. The lowest BCUT2D eigenvalue weighted by atomic mass is 9.87. The number of rotatable bonds is 3. The van der Waals surface area contributed by atoms with Crippen LogP contribution in [0.15, 0.2) is 23.1 Å². The van der Waals surface area contributed by atoms with Crippen molar-refractivity contribution >= 4 is 11.9 Å². The molecule has 1 atom stereocenters. The Labute approximate surface area is 103 Å². The zero-order valence-corrected chi connectivity index (χ0v) is 9.92. The first kappa shape index (κ1) is 12.3. The van der Waals surface area contributed by atoms with Gasteiger partial charge in [0.05, 0.1) is 5.92 Å². The zero-order valence-electron chi connectivity index (χ0n) is 9.92. The van der Waals surface area contributed by atoms with E-state index in [9.17, 15) is 14.4 Å². The molecule has 2 rings (SSSR count). The lowest BCUT2D eigenvalue weighted by molar-refractivity contribution is -0.144. The highest BCUT2D eigenvalue weighted by molar-refractivity contribution is 5.94. The van der Waals surface area contributed by atoms with Crippen LogP contribution in [0.1, 0.15) is 17.3 Å². The molecule has 18 heavy (non-hydrogen) atoms. The molecular formula is C12H14N2O4. The number of amides is 1. The highest BCUT2D eigenvalue weighted by Crippen LogP contribution is 2.24. The van der Waals surface area contributed by atoms with Gasteiger partial charge in [-0.3, -0.25) is 14.4 Å². The van der Waals surface area contributed by atoms with E-state index in [0.29, 0.717) is 13.1 Å². The summed E-state index contributed by atoms with van der Waals surface area (Å²) < 4.78 is 0. The van der Waals surface area contributed by atoms with Crippen LogP contribution < -0.4 is 5.56 Å². The number of hydrogen-bond acceptors (Lipinski definition) is 3. The first-order chi connectivity index (χ1) is 8.50. The summed E-state index contributed by atoms with van der Waals surface area (Å²) in [6, 6.07) is 3.06. The van der Waals surface area contributed by atoms with Gasteiger partial charge in [-0.15, -0.1) is 0 Å². The van der Waals surface area contributed by atoms with E-state index in [1.54, 1.807) is 13.0 Å². The Morgan fingerprint density at radius 1 is 1.50 bits per heavy atom. The summed E-state index contributed by atoms with van der Waals surface area (Å²) in [5.41, 5.74) is -0.323. The Hall–Kier alpha value is -2.11. The predicted octanol–water partition coefficient (Wildman–Crippen LogP) is 0.168. The van der Waals surface area contributed by atoms with Crippen molar-refractivity contribution in [1.29, 1.82) is 0 Å². The van der Waals surface area contributed by atoms with Gasteiger partial charge in [-0.05, 0) is 12.1 Å². The minimum atomic E-state index is -0.857. The molecule has 0 bridgehead atoms. The van der Waals surface area contributed by atoms with Crippen molar-refractivity contribution in [2.75, 3.05) is 13.1 Å². The van der Waals surface area contributed by atoms with E-state index in [4.69, 9.17) is 5.11 Å².